The molecule has 1 fully saturated rings. The van der Waals surface area contributed by atoms with Crippen LogP contribution in [0.4, 0.5) is 4.79 Å². The highest BCUT2D eigenvalue weighted by atomic mass is 16.4. The van der Waals surface area contributed by atoms with E-state index >= 15 is 0 Å². The fraction of sp³-hybridized carbons (Fsp3) is 0.556. The molecule has 9 heteroatoms. The second kappa shape index (κ2) is 5.96. The molecule has 0 saturated carbocycles. The first-order valence-corrected chi connectivity index (χ1v) is 5.17. The number of rotatable bonds is 6. The summed E-state index contributed by atoms with van der Waals surface area (Å²) in [6.45, 7) is -1.12. The number of carboxylic acid groups (broad SMARTS) is 1. The van der Waals surface area contributed by atoms with Gasteiger partial charge in [-0.25, -0.2) is 9.59 Å². The molecule has 1 rings (SSSR count). The fourth-order valence-electron chi connectivity index (χ4n) is 1.39. The summed E-state index contributed by atoms with van der Waals surface area (Å²) in [4.78, 5) is 45.1. The molecule has 1 aliphatic rings. The average Bonchev–Trinajstić information content (AvgIpc) is 2.60. The maximum atomic E-state index is 11.4. The quantitative estimate of drug-likeness (QED) is 0.389. The highest BCUT2D eigenvalue weighted by Crippen LogP contribution is 1.99. The fourth-order valence-corrected chi connectivity index (χ4v) is 1.39. The van der Waals surface area contributed by atoms with Crippen LogP contribution < -0.4 is 10.6 Å². The zero-order chi connectivity index (χ0) is 13.7. The molecule has 18 heavy (non-hydrogen) atoms. The van der Waals surface area contributed by atoms with Crippen molar-refractivity contribution < 1.29 is 29.4 Å². The van der Waals surface area contributed by atoms with E-state index in [0.29, 0.717) is 4.90 Å². The molecule has 0 radical (unpaired) electrons. The highest BCUT2D eigenvalue weighted by molar-refractivity contribution is 6.04. The Labute approximate surface area is 102 Å². The van der Waals surface area contributed by atoms with Crippen LogP contribution in [0, 0.1) is 0 Å². The molecule has 1 saturated heterocycles. The van der Waals surface area contributed by atoms with Crippen LogP contribution in [0.25, 0.3) is 0 Å². The number of aliphatic hydroxyl groups is 1. The van der Waals surface area contributed by atoms with Crippen molar-refractivity contribution in [2.24, 2.45) is 0 Å². The van der Waals surface area contributed by atoms with Crippen molar-refractivity contribution in [2.45, 2.75) is 12.5 Å². The predicted octanol–water partition coefficient (Wildman–Crippen LogP) is -2.51. The standard InChI is InChI=1S/C9H13N3O6/c13-2-1-5(8(16)17)11-6(14)4-12-7(15)3-10-9(12)18/h5,13H,1-4H2,(H,10,18)(H,11,14)(H,16,17). The lowest BCUT2D eigenvalue weighted by Crippen LogP contribution is -2.47. The molecule has 0 aromatic rings. The molecule has 0 spiro atoms. The lowest BCUT2D eigenvalue weighted by molar-refractivity contribution is -0.142. The van der Waals surface area contributed by atoms with Gasteiger partial charge in [-0.1, -0.05) is 0 Å². The van der Waals surface area contributed by atoms with Gasteiger partial charge in [-0.05, 0) is 0 Å². The van der Waals surface area contributed by atoms with E-state index in [0.717, 1.165) is 0 Å². The molecular formula is C9H13N3O6. The summed E-state index contributed by atoms with van der Waals surface area (Å²) in [6.07, 6.45) is -0.152. The lowest BCUT2D eigenvalue weighted by Gasteiger charge is -2.16. The number of nitrogens with zero attached hydrogens (tertiary/aromatic N) is 1. The van der Waals surface area contributed by atoms with Crippen molar-refractivity contribution in [3.05, 3.63) is 0 Å². The van der Waals surface area contributed by atoms with Gasteiger partial charge < -0.3 is 20.8 Å². The van der Waals surface area contributed by atoms with Gasteiger partial charge in [-0.3, -0.25) is 14.5 Å². The molecule has 100 valence electrons. The Balaban J connectivity index is 2.52. The summed E-state index contributed by atoms with van der Waals surface area (Å²) < 4.78 is 0. The summed E-state index contributed by atoms with van der Waals surface area (Å²) in [7, 11) is 0. The zero-order valence-corrected chi connectivity index (χ0v) is 9.38. The topological polar surface area (TPSA) is 136 Å². The van der Waals surface area contributed by atoms with Gasteiger partial charge >= 0.3 is 12.0 Å². The molecule has 0 bridgehead atoms. The monoisotopic (exact) mass is 259 g/mol. The Morgan fingerprint density at radius 1 is 1.44 bits per heavy atom. The van der Waals surface area contributed by atoms with E-state index < -0.39 is 43.0 Å². The van der Waals surface area contributed by atoms with E-state index in [4.69, 9.17) is 10.2 Å². The number of hydrogen-bond acceptors (Lipinski definition) is 5. The summed E-state index contributed by atoms with van der Waals surface area (Å²) in [5.74, 6) is -2.62. The van der Waals surface area contributed by atoms with Gasteiger partial charge in [0.1, 0.15) is 12.6 Å². The number of imide groups is 1. The lowest BCUT2D eigenvalue weighted by atomic mass is 10.2. The molecule has 1 aliphatic heterocycles. The molecule has 9 nitrogen and oxygen atoms in total. The minimum Gasteiger partial charge on any atom is -0.480 e. The third-order valence-electron chi connectivity index (χ3n) is 2.29. The Morgan fingerprint density at radius 3 is 2.56 bits per heavy atom. The number of carbonyl (C=O) groups is 4. The number of hydrogen-bond donors (Lipinski definition) is 4. The third-order valence-corrected chi connectivity index (χ3v) is 2.29. The summed E-state index contributed by atoms with van der Waals surface area (Å²) in [5, 5.41) is 21.7. The molecule has 1 heterocycles. The first kappa shape index (κ1) is 13.9. The van der Waals surface area contributed by atoms with Crippen LogP contribution in [-0.2, 0) is 14.4 Å². The van der Waals surface area contributed by atoms with Crippen molar-refractivity contribution >= 4 is 23.8 Å². The second-order valence-electron chi connectivity index (χ2n) is 3.61. The van der Waals surface area contributed by atoms with Crippen LogP contribution in [0.15, 0.2) is 0 Å². The van der Waals surface area contributed by atoms with Crippen molar-refractivity contribution in [2.75, 3.05) is 19.7 Å². The molecular weight excluding hydrogens is 246 g/mol. The van der Waals surface area contributed by atoms with Crippen LogP contribution in [0.1, 0.15) is 6.42 Å². The third kappa shape index (κ3) is 3.42. The molecule has 4 N–H and O–H groups in total. The largest absolute Gasteiger partial charge is 0.480 e. The SMILES string of the molecule is O=C(CN1C(=O)CNC1=O)NC(CCO)C(=O)O. The number of amides is 4. The van der Waals surface area contributed by atoms with Crippen molar-refractivity contribution in [3.63, 3.8) is 0 Å². The Morgan fingerprint density at radius 2 is 2.11 bits per heavy atom. The maximum Gasteiger partial charge on any atom is 0.326 e. The van der Waals surface area contributed by atoms with E-state index in [2.05, 4.69) is 10.6 Å². The smallest absolute Gasteiger partial charge is 0.326 e. The molecule has 1 unspecified atom stereocenters. The number of aliphatic hydroxyl groups excluding tert-OH is 1. The number of urea groups is 1. The van der Waals surface area contributed by atoms with E-state index in [1.807, 2.05) is 0 Å². The van der Waals surface area contributed by atoms with E-state index in [1.165, 1.54) is 0 Å². The molecule has 0 aromatic heterocycles. The summed E-state index contributed by atoms with van der Waals surface area (Å²) in [5.41, 5.74) is 0. The van der Waals surface area contributed by atoms with Crippen LogP contribution >= 0.6 is 0 Å². The second-order valence-corrected chi connectivity index (χ2v) is 3.61. The minimum absolute atomic E-state index is 0.152. The van der Waals surface area contributed by atoms with Crippen molar-refractivity contribution in [3.8, 4) is 0 Å². The van der Waals surface area contributed by atoms with Crippen LogP contribution in [0.5, 0.6) is 0 Å². The molecule has 4 amide bonds. The Hall–Kier alpha value is -2.16. The van der Waals surface area contributed by atoms with Gasteiger partial charge in [0.25, 0.3) is 5.91 Å². The van der Waals surface area contributed by atoms with E-state index in [-0.39, 0.29) is 13.0 Å². The van der Waals surface area contributed by atoms with Crippen molar-refractivity contribution in [1.29, 1.82) is 0 Å². The zero-order valence-electron chi connectivity index (χ0n) is 9.38. The van der Waals surface area contributed by atoms with Crippen molar-refractivity contribution in [1.82, 2.24) is 15.5 Å². The molecule has 0 aliphatic carbocycles. The summed E-state index contributed by atoms with van der Waals surface area (Å²) in [6, 6.07) is -1.94. The number of carbonyl (C=O) groups excluding carboxylic acids is 3. The normalized spacial score (nSPS) is 16.4. The van der Waals surface area contributed by atoms with Crippen LogP contribution in [0.2, 0.25) is 0 Å². The Kier molecular flexibility index (Phi) is 4.60. The molecule has 1 atom stereocenters. The van der Waals surface area contributed by atoms with Gasteiger partial charge in [-0.15, -0.1) is 0 Å². The van der Waals surface area contributed by atoms with Crippen LogP contribution in [-0.4, -0.2) is 64.7 Å². The van der Waals surface area contributed by atoms with E-state index in [9.17, 15) is 19.2 Å². The van der Waals surface area contributed by atoms with Crippen LogP contribution in [0.3, 0.4) is 0 Å². The minimum atomic E-state index is -1.30. The van der Waals surface area contributed by atoms with Gasteiger partial charge in [0.05, 0.1) is 6.54 Å². The summed E-state index contributed by atoms with van der Waals surface area (Å²) >= 11 is 0. The Bertz CT molecular complexity index is 366. The number of aliphatic carboxylic acids is 1. The van der Waals surface area contributed by atoms with E-state index in [1.54, 1.807) is 0 Å². The van der Waals surface area contributed by atoms with Gasteiger partial charge in [0.2, 0.25) is 5.91 Å². The highest BCUT2D eigenvalue weighted by Gasteiger charge is 2.31. The van der Waals surface area contributed by atoms with Gasteiger partial charge in [-0.2, -0.15) is 0 Å². The van der Waals surface area contributed by atoms with Gasteiger partial charge in [0.15, 0.2) is 0 Å². The first-order valence-electron chi connectivity index (χ1n) is 5.17. The maximum absolute atomic E-state index is 11.4. The first-order chi connectivity index (χ1) is 8.45. The molecule has 0 aromatic carbocycles. The predicted molar refractivity (Wildman–Crippen MR) is 56.4 cm³/mol. The number of carboxylic acids is 1. The van der Waals surface area contributed by atoms with Gasteiger partial charge in [0, 0.05) is 13.0 Å². The number of nitrogens with one attached hydrogen (secondary N) is 2. The average molecular weight is 259 g/mol.